The van der Waals surface area contributed by atoms with Crippen molar-refractivity contribution in [3.8, 4) is 0 Å². The molecule has 14 heteroatoms. The summed E-state index contributed by atoms with van der Waals surface area (Å²) in [4.78, 5) is 4.42. The first-order chi connectivity index (χ1) is 9.03. The van der Waals surface area contributed by atoms with Crippen LogP contribution in [0.3, 0.4) is 0 Å². The summed E-state index contributed by atoms with van der Waals surface area (Å²) < 4.78 is 129. The lowest BCUT2D eigenvalue weighted by molar-refractivity contribution is 0.0600. The van der Waals surface area contributed by atoms with Crippen molar-refractivity contribution >= 4 is 26.4 Å². The van der Waals surface area contributed by atoms with E-state index in [1.807, 2.05) is 0 Å². The summed E-state index contributed by atoms with van der Waals surface area (Å²) in [7, 11) is -21.0. The van der Waals surface area contributed by atoms with Crippen LogP contribution >= 0.6 is 20.4 Å². The molecule has 2 nitrogen and oxygen atoms in total. The summed E-state index contributed by atoms with van der Waals surface area (Å²) in [5.74, 6) is -1.92. The van der Waals surface area contributed by atoms with Crippen LogP contribution in [0.25, 0.3) is 0 Å². The SMILES string of the molecule is COC(=O)c1cc(S(F)(F)(F)(F)F)cc(S(F)(F)(F)(F)F)c1. The fourth-order valence-corrected chi connectivity index (χ4v) is 2.73. The van der Waals surface area contributed by atoms with Crippen LogP contribution in [-0.4, -0.2) is 13.1 Å². The number of ether oxygens (including phenoxy) is 1. The van der Waals surface area contributed by atoms with Gasteiger partial charge in [0.2, 0.25) is 0 Å². The molecule has 0 atom stereocenters. The lowest BCUT2D eigenvalue weighted by Gasteiger charge is -2.44. The van der Waals surface area contributed by atoms with Gasteiger partial charge in [-0.2, -0.15) is 0 Å². The second kappa shape index (κ2) is 3.44. The molecular weight excluding hydrogens is 382 g/mol. The van der Waals surface area contributed by atoms with E-state index in [1.165, 1.54) is 0 Å². The molecule has 0 N–H and O–H groups in total. The highest BCUT2D eigenvalue weighted by molar-refractivity contribution is 8.46. The molecule has 0 aliphatic rings. The van der Waals surface area contributed by atoms with E-state index in [9.17, 15) is 43.7 Å². The number of carbonyl (C=O) groups excluding carboxylic acids is 1. The Balaban J connectivity index is 3.92. The zero-order valence-electron chi connectivity index (χ0n) is 10.1. The molecule has 1 rings (SSSR count). The minimum Gasteiger partial charge on any atom is -0.465 e. The molecule has 0 amide bonds. The number of hydrogen-bond acceptors (Lipinski definition) is 2. The van der Waals surface area contributed by atoms with Gasteiger partial charge in [0, 0.05) is 0 Å². The van der Waals surface area contributed by atoms with Gasteiger partial charge in [0.1, 0.15) is 9.79 Å². The summed E-state index contributed by atoms with van der Waals surface area (Å²) in [5, 5.41) is 0. The van der Waals surface area contributed by atoms with E-state index < -0.39 is 60.0 Å². The molecule has 22 heavy (non-hydrogen) atoms. The first kappa shape index (κ1) is 18.7. The summed E-state index contributed by atoms with van der Waals surface area (Å²) in [6, 6.07) is -2.78. The zero-order chi connectivity index (χ0) is 18.0. The molecule has 132 valence electrons. The quantitative estimate of drug-likeness (QED) is 0.421. The van der Waals surface area contributed by atoms with Gasteiger partial charge in [0.25, 0.3) is 0 Å². The predicted octanol–water partition coefficient (Wildman–Crippen LogP) is 6.79. The largest absolute Gasteiger partial charge is 0.465 e. The van der Waals surface area contributed by atoms with E-state index in [1.54, 1.807) is 0 Å². The molecule has 0 saturated carbocycles. The lowest BCUT2D eigenvalue weighted by Crippen LogP contribution is -2.13. The minimum atomic E-state index is -10.7. The summed E-state index contributed by atoms with van der Waals surface area (Å²) in [6.07, 6.45) is 0. The Bertz CT molecular complexity index is 610. The molecule has 0 aliphatic carbocycles. The van der Waals surface area contributed by atoms with Crippen LogP contribution in [0, 0.1) is 0 Å². The van der Waals surface area contributed by atoms with E-state index in [2.05, 4.69) is 4.74 Å². The molecule has 0 radical (unpaired) electrons. The molecular formula is C8H6F10O2S2. The molecule has 0 saturated heterocycles. The van der Waals surface area contributed by atoms with E-state index in [0.717, 1.165) is 0 Å². The average Bonchev–Trinajstić information content (AvgIpc) is 2.21. The maximum absolute atomic E-state index is 12.6. The molecule has 0 aromatic heterocycles. The third-order valence-corrected chi connectivity index (χ3v) is 4.45. The first-order valence-corrected chi connectivity index (χ1v) is 8.65. The Labute approximate surface area is 116 Å². The first-order valence-electron chi connectivity index (χ1n) is 4.75. The van der Waals surface area contributed by atoms with Gasteiger partial charge in [-0.1, -0.05) is 38.9 Å². The molecule has 0 aliphatic heterocycles. The van der Waals surface area contributed by atoms with Gasteiger partial charge >= 0.3 is 26.4 Å². The maximum Gasteiger partial charge on any atom is 0.337 e. The van der Waals surface area contributed by atoms with Gasteiger partial charge in [-0.3, -0.25) is 0 Å². The number of methoxy groups -OCH3 is 1. The van der Waals surface area contributed by atoms with Crippen molar-refractivity contribution in [2.24, 2.45) is 0 Å². The molecule has 0 bridgehead atoms. The van der Waals surface area contributed by atoms with E-state index in [4.69, 9.17) is 0 Å². The van der Waals surface area contributed by atoms with Crippen molar-refractivity contribution in [2.75, 3.05) is 7.11 Å². The van der Waals surface area contributed by atoms with Crippen LogP contribution < -0.4 is 0 Å². The number of rotatable bonds is 3. The van der Waals surface area contributed by atoms with Gasteiger partial charge < -0.3 is 4.74 Å². The smallest absolute Gasteiger partial charge is 0.337 e. The van der Waals surface area contributed by atoms with Crippen molar-refractivity contribution < 1.29 is 48.4 Å². The molecule has 1 aromatic carbocycles. The van der Waals surface area contributed by atoms with Gasteiger partial charge in [0.05, 0.1) is 12.7 Å². The maximum atomic E-state index is 12.6. The van der Waals surface area contributed by atoms with Crippen molar-refractivity contribution in [3.05, 3.63) is 23.8 Å². The van der Waals surface area contributed by atoms with E-state index >= 15 is 0 Å². The second-order valence-electron chi connectivity index (χ2n) is 4.12. The zero-order valence-corrected chi connectivity index (χ0v) is 11.8. The molecule has 1 aromatic rings. The van der Waals surface area contributed by atoms with Crippen molar-refractivity contribution in [1.29, 1.82) is 0 Å². The summed E-state index contributed by atoms with van der Waals surface area (Å²) in [6.45, 7) is 0. The van der Waals surface area contributed by atoms with E-state index in [-0.39, 0.29) is 0 Å². The van der Waals surface area contributed by atoms with Gasteiger partial charge in [-0.05, 0) is 18.2 Å². The third kappa shape index (κ3) is 4.34. The Kier molecular flexibility index (Phi) is 2.93. The highest BCUT2D eigenvalue weighted by Crippen LogP contribution is 3.05. The average molecular weight is 388 g/mol. The van der Waals surface area contributed by atoms with Crippen LogP contribution in [0.2, 0.25) is 0 Å². The summed E-state index contributed by atoms with van der Waals surface area (Å²) >= 11 is 0. The Morgan fingerprint density at radius 2 is 1.09 bits per heavy atom. The highest BCUT2D eigenvalue weighted by Gasteiger charge is 2.69. The fourth-order valence-electron chi connectivity index (χ4n) is 1.25. The van der Waals surface area contributed by atoms with Gasteiger partial charge in [-0.25, -0.2) is 4.79 Å². The standard InChI is InChI=1S/C8H6F10O2S2/c1-20-8(19)5-2-6(21(9,10,11,12)13)4-7(3-5)22(14,15,16,17)18/h2-4H,1H3. The van der Waals surface area contributed by atoms with Gasteiger partial charge in [0.15, 0.2) is 0 Å². The number of esters is 1. The van der Waals surface area contributed by atoms with Crippen molar-refractivity contribution in [1.82, 2.24) is 0 Å². The molecule has 0 unspecified atom stereocenters. The second-order valence-corrected chi connectivity index (χ2v) is 8.94. The molecule has 0 heterocycles. The number of halogens is 10. The topological polar surface area (TPSA) is 26.3 Å². The van der Waals surface area contributed by atoms with Crippen LogP contribution in [-0.2, 0) is 4.74 Å². The van der Waals surface area contributed by atoms with Crippen LogP contribution in [0.5, 0.6) is 0 Å². The van der Waals surface area contributed by atoms with Crippen LogP contribution in [0.4, 0.5) is 38.9 Å². The third-order valence-electron chi connectivity index (χ3n) is 2.19. The molecule has 0 fully saturated rings. The highest BCUT2D eigenvalue weighted by atomic mass is 32.5. The van der Waals surface area contributed by atoms with Crippen molar-refractivity contribution in [2.45, 2.75) is 9.79 Å². The predicted molar refractivity (Wildman–Crippen MR) is 60.6 cm³/mol. The molecule has 0 spiro atoms. The van der Waals surface area contributed by atoms with E-state index in [0.29, 0.717) is 7.11 Å². The Hall–Kier alpha value is -1.31. The number of carbonyl (C=O) groups is 1. The lowest BCUT2D eigenvalue weighted by atomic mass is 10.2. The summed E-state index contributed by atoms with van der Waals surface area (Å²) in [5.41, 5.74) is -1.74. The van der Waals surface area contributed by atoms with Crippen molar-refractivity contribution in [3.63, 3.8) is 0 Å². The van der Waals surface area contributed by atoms with Gasteiger partial charge in [-0.15, -0.1) is 0 Å². The van der Waals surface area contributed by atoms with Crippen LogP contribution in [0.1, 0.15) is 10.4 Å². The van der Waals surface area contributed by atoms with Crippen LogP contribution in [0.15, 0.2) is 28.0 Å². The number of benzene rings is 1. The fraction of sp³-hybridized carbons (Fsp3) is 0.125. The minimum absolute atomic E-state index is 0.508. The normalized spacial score (nSPS) is 19.4. The number of hydrogen-bond donors (Lipinski definition) is 0. The Morgan fingerprint density at radius 1 is 0.773 bits per heavy atom. The monoisotopic (exact) mass is 388 g/mol. The Morgan fingerprint density at radius 3 is 1.32 bits per heavy atom.